The number of hydrogen-bond acceptors (Lipinski definition) is 0. The monoisotopic (exact) mass is 308 g/mol. The van der Waals surface area contributed by atoms with Crippen LogP contribution in [0.15, 0.2) is 97.7 Å². The highest BCUT2D eigenvalue weighted by Gasteiger charge is 1.85. The molecule has 0 aromatic heterocycles. The summed E-state index contributed by atoms with van der Waals surface area (Å²) in [5.41, 5.74) is 0. The van der Waals surface area contributed by atoms with E-state index < -0.39 is 0 Å². The third-order valence-corrected chi connectivity index (χ3v) is 3.08. The van der Waals surface area contributed by atoms with E-state index in [9.17, 15) is 0 Å². The van der Waals surface area contributed by atoms with Gasteiger partial charge in [0.25, 0.3) is 0 Å². The molecule has 0 aliphatic heterocycles. The average Bonchev–Trinajstić information content (AvgIpc) is 2.57. The van der Waals surface area contributed by atoms with Crippen molar-refractivity contribution >= 4 is 0 Å². The highest BCUT2D eigenvalue weighted by atomic mass is 13.9. The lowest BCUT2D eigenvalue weighted by molar-refractivity contribution is 0.637. The molecule has 0 spiro atoms. The van der Waals surface area contributed by atoms with E-state index in [0.29, 0.717) is 0 Å². The maximum absolute atomic E-state index is 3.61. The topological polar surface area (TPSA) is 0 Å². The maximum atomic E-state index is 3.61. The van der Waals surface area contributed by atoms with Crippen LogP contribution in [0.3, 0.4) is 0 Å². The van der Waals surface area contributed by atoms with Gasteiger partial charge in [-0.15, -0.1) is 0 Å². The molecule has 0 aromatic rings. The van der Waals surface area contributed by atoms with Crippen molar-refractivity contribution in [3.63, 3.8) is 0 Å². The van der Waals surface area contributed by atoms with Gasteiger partial charge in [-0.25, -0.2) is 0 Å². The molecule has 0 nitrogen and oxygen atoms in total. The molecule has 0 radical (unpaired) electrons. The van der Waals surface area contributed by atoms with Crippen molar-refractivity contribution in [1.82, 2.24) is 0 Å². The second-order valence-corrected chi connectivity index (χ2v) is 5.18. The molecule has 0 heterocycles. The van der Waals surface area contributed by atoms with Crippen LogP contribution in [0.4, 0.5) is 0 Å². The first-order valence-electron chi connectivity index (χ1n) is 8.69. The van der Waals surface area contributed by atoms with Crippen molar-refractivity contribution < 1.29 is 0 Å². The third kappa shape index (κ3) is 19.9. The van der Waals surface area contributed by atoms with Crippen molar-refractivity contribution in [2.45, 2.75) is 45.4 Å². The standard InChI is InChI=1S/C23H32/c1-3-5-7-9-11-13-15-17-19-21-23-22-20-18-16-14-12-10-8-6-4-2/h3,5,7,9,11,13,15-23H,1,4,6,8,10,12,14H2,2H3. The summed E-state index contributed by atoms with van der Waals surface area (Å²) in [6, 6.07) is 0. The molecule has 0 aliphatic carbocycles. The fourth-order valence-corrected chi connectivity index (χ4v) is 1.82. The zero-order valence-corrected chi connectivity index (χ0v) is 14.6. The first-order chi connectivity index (χ1) is 11.4. The highest BCUT2D eigenvalue weighted by Crippen LogP contribution is 2.05. The second kappa shape index (κ2) is 19.9. The normalized spacial score (nSPS) is 13.4. The Bertz CT molecular complexity index is 450. The molecular formula is C23H32. The quantitative estimate of drug-likeness (QED) is 0.245. The Morgan fingerprint density at radius 2 is 0.957 bits per heavy atom. The Morgan fingerprint density at radius 1 is 0.522 bits per heavy atom. The third-order valence-electron chi connectivity index (χ3n) is 3.08. The van der Waals surface area contributed by atoms with Crippen LogP contribution < -0.4 is 0 Å². The molecule has 124 valence electrons. The summed E-state index contributed by atoms with van der Waals surface area (Å²) in [6.07, 6.45) is 38.1. The lowest BCUT2D eigenvalue weighted by atomic mass is 10.1. The SMILES string of the molecule is C=CC=CC=CC=CC=CC=CC=CC=CCCCCCCC. The van der Waals surface area contributed by atoms with Crippen molar-refractivity contribution in [1.29, 1.82) is 0 Å². The van der Waals surface area contributed by atoms with Crippen LogP contribution >= 0.6 is 0 Å². The summed E-state index contributed by atoms with van der Waals surface area (Å²) in [4.78, 5) is 0. The zero-order valence-electron chi connectivity index (χ0n) is 14.6. The van der Waals surface area contributed by atoms with E-state index in [0.717, 1.165) is 0 Å². The minimum Gasteiger partial charge on any atom is -0.0991 e. The minimum absolute atomic E-state index is 1.19. The Labute approximate surface area is 143 Å². The van der Waals surface area contributed by atoms with Crippen LogP contribution in [-0.4, -0.2) is 0 Å². The molecule has 0 unspecified atom stereocenters. The van der Waals surface area contributed by atoms with Crippen molar-refractivity contribution in [2.75, 3.05) is 0 Å². The van der Waals surface area contributed by atoms with Gasteiger partial charge in [0.2, 0.25) is 0 Å². The van der Waals surface area contributed by atoms with Gasteiger partial charge in [-0.3, -0.25) is 0 Å². The summed E-state index contributed by atoms with van der Waals surface area (Å²) in [5.74, 6) is 0. The van der Waals surface area contributed by atoms with E-state index in [2.05, 4.69) is 37.8 Å². The Kier molecular flexibility index (Phi) is 18.1. The first kappa shape index (κ1) is 20.9. The average molecular weight is 309 g/mol. The molecule has 0 fully saturated rings. The van der Waals surface area contributed by atoms with Crippen LogP contribution in [0.25, 0.3) is 0 Å². The van der Waals surface area contributed by atoms with Crippen LogP contribution in [0.2, 0.25) is 0 Å². The molecule has 0 saturated carbocycles. The number of hydrogen-bond donors (Lipinski definition) is 0. The molecule has 0 saturated heterocycles. The lowest BCUT2D eigenvalue weighted by Gasteiger charge is -1.95. The molecule has 0 aromatic carbocycles. The summed E-state index contributed by atoms with van der Waals surface area (Å²) < 4.78 is 0. The Morgan fingerprint density at radius 3 is 1.43 bits per heavy atom. The van der Waals surface area contributed by atoms with Crippen LogP contribution in [0.1, 0.15) is 45.4 Å². The molecule has 0 aliphatic rings. The van der Waals surface area contributed by atoms with Gasteiger partial charge in [0.15, 0.2) is 0 Å². The van der Waals surface area contributed by atoms with Gasteiger partial charge >= 0.3 is 0 Å². The molecule has 0 rings (SSSR count). The van der Waals surface area contributed by atoms with Gasteiger partial charge in [0.1, 0.15) is 0 Å². The van der Waals surface area contributed by atoms with Gasteiger partial charge in [-0.05, 0) is 12.8 Å². The Hall–Kier alpha value is -2.08. The predicted octanol–water partition coefficient (Wildman–Crippen LogP) is 7.43. The molecule has 0 atom stereocenters. The predicted molar refractivity (Wildman–Crippen MR) is 108 cm³/mol. The molecular weight excluding hydrogens is 276 g/mol. The van der Waals surface area contributed by atoms with Crippen LogP contribution in [0, 0.1) is 0 Å². The smallest absolute Gasteiger partial charge is 0.0348 e. The van der Waals surface area contributed by atoms with Crippen LogP contribution in [0.5, 0.6) is 0 Å². The number of allylic oxidation sites excluding steroid dienone is 15. The Balaban J connectivity index is 3.66. The van der Waals surface area contributed by atoms with E-state index in [4.69, 9.17) is 0 Å². The molecule has 0 amide bonds. The fourth-order valence-electron chi connectivity index (χ4n) is 1.82. The van der Waals surface area contributed by atoms with E-state index in [-0.39, 0.29) is 0 Å². The van der Waals surface area contributed by atoms with E-state index in [1.54, 1.807) is 6.08 Å². The molecule has 0 N–H and O–H groups in total. The van der Waals surface area contributed by atoms with Gasteiger partial charge in [0, 0.05) is 0 Å². The molecule has 0 bridgehead atoms. The van der Waals surface area contributed by atoms with Crippen molar-refractivity contribution in [3.8, 4) is 0 Å². The molecule has 23 heavy (non-hydrogen) atoms. The van der Waals surface area contributed by atoms with Gasteiger partial charge in [0.05, 0.1) is 0 Å². The second-order valence-electron chi connectivity index (χ2n) is 5.18. The van der Waals surface area contributed by atoms with Crippen molar-refractivity contribution in [3.05, 3.63) is 97.7 Å². The summed E-state index contributed by atoms with van der Waals surface area (Å²) in [6.45, 7) is 5.86. The highest BCUT2D eigenvalue weighted by molar-refractivity contribution is 5.21. The number of rotatable bonds is 13. The lowest BCUT2D eigenvalue weighted by Crippen LogP contribution is -1.75. The van der Waals surface area contributed by atoms with E-state index in [1.807, 2.05) is 60.8 Å². The largest absolute Gasteiger partial charge is 0.0991 e. The summed E-state index contributed by atoms with van der Waals surface area (Å²) >= 11 is 0. The van der Waals surface area contributed by atoms with Gasteiger partial charge in [-0.1, -0.05) is 130 Å². The summed E-state index contributed by atoms with van der Waals surface area (Å²) in [5, 5.41) is 0. The van der Waals surface area contributed by atoms with Crippen LogP contribution in [-0.2, 0) is 0 Å². The minimum atomic E-state index is 1.19. The van der Waals surface area contributed by atoms with Gasteiger partial charge in [-0.2, -0.15) is 0 Å². The summed E-state index contributed by atoms with van der Waals surface area (Å²) in [7, 11) is 0. The fraction of sp³-hybridized carbons (Fsp3) is 0.304. The first-order valence-corrected chi connectivity index (χ1v) is 8.69. The number of unbranched alkanes of at least 4 members (excludes halogenated alkanes) is 5. The van der Waals surface area contributed by atoms with E-state index >= 15 is 0 Å². The van der Waals surface area contributed by atoms with E-state index in [1.165, 1.54) is 38.5 Å². The zero-order chi connectivity index (χ0) is 16.8. The van der Waals surface area contributed by atoms with Crippen molar-refractivity contribution in [2.24, 2.45) is 0 Å². The maximum Gasteiger partial charge on any atom is -0.0348 e. The van der Waals surface area contributed by atoms with Gasteiger partial charge < -0.3 is 0 Å². The molecule has 0 heteroatoms.